The fraction of sp³-hybridized carbons (Fsp3) is 0.333. The third-order valence-corrected chi connectivity index (χ3v) is 1.82. The molecule has 0 amide bonds. The number of aliphatic hydroxyl groups is 1. The minimum absolute atomic E-state index is 0.500. The third-order valence-electron chi connectivity index (χ3n) is 1.82. The zero-order chi connectivity index (χ0) is 11.6. The fourth-order valence-corrected chi connectivity index (χ4v) is 1.03. The lowest BCUT2D eigenvalue weighted by Crippen LogP contribution is -2.30. The highest BCUT2D eigenvalue weighted by Crippen LogP contribution is 2.24. The maximum Gasteiger partial charge on any atom is 0.414 e. The van der Waals surface area contributed by atoms with E-state index in [1.165, 1.54) is 0 Å². The van der Waals surface area contributed by atoms with E-state index >= 15 is 0 Å². The summed E-state index contributed by atoms with van der Waals surface area (Å²) in [5, 5.41) is 8.64. The van der Waals surface area contributed by atoms with Gasteiger partial charge >= 0.3 is 6.18 Å². The average molecular weight is 226 g/mol. The molecule has 0 saturated heterocycles. The van der Waals surface area contributed by atoms with Crippen molar-refractivity contribution >= 4 is 0 Å². The fourth-order valence-electron chi connectivity index (χ4n) is 1.03. The normalized spacial score (nSPS) is 14.0. The summed E-state index contributed by atoms with van der Waals surface area (Å²) < 4.78 is 61.2. The quantitative estimate of drug-likeness (QED) is 0.768. The van der Waals surface area contributed by atoms with Crippen molar-refractivity contribution in [3.8, 4) is 0 Å². The number of aliphatic hydroxyl groups excluding tert-OH is 1. The Labute approximate surface area is 82.1 Å². The maximum absolute atomic E-state index is 12.9. The van der Waals surface area contributed by atoms with E-state index in [1.807, 2.05) is 0 Å². The molecule has 0 radical (unpaired) electrons. The smallest absolute Gasteiger partial charge is 0.383 e. The monoisotopic (exact) mass is 226 g/mol. The zero-order valence-electron chi connectivity index (χ0n) is 7.35. The van der Waals surface area contributed by atoms with E-state index in [1.54, 1.807) is 0 Å². The lowest BCUT2D eigenvalue weighted by atomic mass is 10.1. The van der Waals surface area contributed by atoms with Crippen molar-refractivity contribution in [2.24, 2.45) is 0 Å². The number of halogens is 5. The molecular formula is C9H7F5O. The van der Waals surface area contributed by atoms with Gasteiger partial charge in [0.25, 0.3) is 0 Å². The first-order valence-electron chi connectivity index (χ1n) is 4.00. The summed E-state index contributed by atoms with van der Waals surface area (Å²) in [5.41, 5.74) is -0.500. The van der Waals surface area contributed by atoms with Crippen LogP contribution >= 0.6 is 0 Å². The van der Waals surface area contributed by atoms with Gasteiger partial charge in [-0.15, -0.1) is 0 Å². The second kappa shape index (κ2) is 4.14. The van der Waals surface area contributed by atoms with Gasteiger partial charge in [-0.1, -0.05) is 12.1 Å². The molecule has 0 aliphatic carbocycles. The van der Waals surface area contributed by atoms with Gasteiger partial charge in [-0.05, 0) is 11.6 Å². The van der Waals surface area contributed by atoms with E-state index in [4.69, 9.17) is 5.11 Å². The summed E-state index contributed by atoms with van der Waals surface area (Å²) in [5.74, 6) is -2.59. The van der Waals surface area contributed by atoms with Crippen LogP contribution in [0.15, 0.2) is 18.2 Å². The minimum Gasteiger partial charge on any atom is -0.383 e. The van der Waals surface area contributed by atoms with Crippen molar-refractivity contribution in [2.45, 2.75) is 18.7 Å². The van der Waals surface area contributed by atoms with Crippen LogP contribution in [0.5, 0.6) is 0 Å². The van der Waals surface area contributed by atoms with Crippen LogP contribution in [0.2, 0.25) is 0 Å². The number of benzene rings is 1. The number of hydrogen-bond acceptors (Lipinski definition) is 1. The molecule has 0 unspecified atom stereocenters. The minimum atomic E-state index is -4.83. The van der Waals surface area contributed by atoms with Crippen LogP contribution < -0.4 is 0 Å². The van der Waals surface area contributed by atoms with Gasteiger partial charge in [0.1, 0.15) is 0 Å². The Morgan fingerprint density at radius 2 is 1.80 bits per heavy atom. The molecule has 0 heterocycles. The van der Waals surface area contributed by atoms with Gasteiger partial charge in [0.15, 0.2) is 17.7 Å². The van der Waals surface area contributed by atoms with Crippen molar-refractivity contribution in [1.82, 2.24) is 0 Å². The summed E-state index contributed by atoms with van der Waals surface area (Å²) >= 11 is 0. The van der Waals surface area contributed by atoms with E-state index in [-0.39, 0.29) is 0 Å². The molecule has 0 spiro atoms. The lowest BCUT2D eigenvalue weighted by Gasteiger charge is -2.14. The van der Waals surface area contributed by atoms with Crippen LogP contribution in [0.1, 0.15) is 5.56 Å². The van der Waals surface area contributed by atoms with Crippen molar-refractivity contribution in [2.75, 3.05) is 0 Å². The van der Waals surface area contributed by atoms with E-state index in [0.717, 1.165) is 18.2 Å². The SMILES string of the molecule is O[C@@H](Cc1cccc(F)c1F)C(F)(F)F. The highest BCUT2D eigenvalue weighted by atomic mass is 19.4. The Hall–Kier alpha value is -1.17. The Bertz CT molecular complexity index is 347. The Kier molecular flexibility index (Phi) is 3.28. The number of hydrogen-bond donors (Lipinski definition) is 1. The molecule has 6 heteroatoms. The van der Waals surface area contributed by atoms with Crippen LogP contribution in [0, 0.1) is 11.6 Å². The van der Waals surface area contributed by atoms with Crippen LogP contribution in [-0.2, 0) is 6.42 Å². The molecule has 1 N–H and O–H groups in total. The average Bonchev–Trinajstić information content (AvgIpc) is 2.11. The number of rotatable bonds is 2. The Morgan fingerprint density at radius 3 is 2.33 bits per heavy atom. The molecule has 0 bridgehead atoms. The van der Waals surface area contributed by atoms with Crippen LogP contribution in [-0.4, -0.2) is 17.4 Å². The lowest BCUT2D eigenvalue weighted by molar-refractivity contribution is -0.203. The third kappa shape index (κ3) is 2.89. The number of alkyl halides is 3. The van der Waals surface area contributed by atoms with Gasteiger partial charge in [-0.2, -0.15) is 13.2 Å². The van der Waals surface area contributed by atoms with Crippen LogP contribution in [0.4, 0.5) is 22.0 Å². The molecule has 1 aromatic rings. The van der Waals surface area contributed by atoms with Crippen LogP contribution in [0.25, 0.3) is 0 Å². The molecule has 0 aliphatic heterocycles. The predicted molar refractivity (Wildman–Crippen MR) is 42.1 cm³/mol. The van der Waals surface area contributed by atoms with Crippen LogP contribution in [0.3, 0.4) is 0 Å². The Balaban J connectivity index is 2.86. The summed E-state index contributed by atoms with van der Waals surface area (Å²) in [6, 6.07) is 2.86. The molecule has 1 rings (SSSR count). The molecule has 84 valence electrons. The van der Waals surface area contributed by atoms with Crippen molar-refractivity contribution < 1.29 is 27.1 Å². The maximum atomic E-state index is 12.9. The highest BCUT2D eigenvalue weighted by Gasteiger charge is 2.38. The second-order valence-electron chi connectivity index (χ2n) is 2.97. The largest absolute Gasteiger partial charge is 0.414 e. The summed E-state index contributed by atoms with van der Waals surface area (Å²) in [4.78, 5) is 0. The summed E-state index contributed by atoms with van der Waals surface area (Å²) in [6.45, 7) is 0. The van der Waals surface area contributed by atoms with Gasteiger partial charge in [-0.3, -0.25) is 0 Å². The van der Waals surface area contributed by atoms with Crippen molar-refractivity contribution in [3.05, 3.63) is 35.4 Å². The first-order chi connectivity index (χ1) is 6.82. The summed E-state index contributed by atoms with van der Waals surface area (Å²) in [6.07, 6.45) is -8.51. The summed E-state index contributed by atoms with van der Waals surface area (Å²) in [7, 11) is 0. The molecule has 1 aromatic carbocycles. The topological polar surface area (TPSA) is 20.2 Å². The van der Waals surface area contributed by atoms with Gasteiger partial charge in [0.2, 0.25) is 0 Å². The highest BCUT2D eigenvalue weighted by molar-refractivity contribution is 5.19. The van der Waals surface area contributed by atoms with E-state index < -0.39 is 35.9 Å². The second-order valence-corrected chi connectivity index (χ2v) is 2.97. The Morgan fingerprint density at radius 1 is 1.20 bits per heavy atom. The first-order valence-corrected chi connectivity index (χ1v) is 4.00. The standard InChI is InChI=1S/C9H7F5O/c10-6-3-1-2-5(8(6)11)4-7(15)9(12,13)14/h1-3,7,15H,4H2/t7-/m0/s1. The molecule has 0 aliphatic rings. The molecule has 1 atom stereocenters. The molecule has 15 heavy (non-hydrogen) atoms. The first kappa shape index (κ1) is 11.9. The van der Waals surface area contributed by atoms with E-state index in [2.05, 4.69) is 0 Å². The molecule has 0 saturated carbocycles. The van der Waals surface area contributed by atoms with Gasteiger partial charge in [-0.25, -0.2) is 8.78 Å². The van der Waals surface area contributed by atoms with Crippen molar-refractivity contribution in [1.29, 1.82) is 0 Å². The zero-order valence-corrected chi connectivity index (χ0v) is 7.35. The van der Waals surface area contributed by atoms with Gasteiger partial charge < -0.3 is 5.11 Å². The molecule has 0 fully saturated rings. The molecule has 1 nitrogen and oxygen atoms in total. The van der Waals surface area contributed by atoms with Crippen molar-refractivity contribution in [3.63, 3.8) is 0 Å². The van der Waals surface area contributed by atoms with E-state index in [0.29, 0.717) is 0 Å². The van der Waals surface area contributed by atoms with Gasteiger partial charge in [0.05, 0.1) is 0 Å². The predicted octanol–water partition coefficient (Wildman–Crippen LogP) is 2.43. The molecular weight excluding hydrogens is 219 g/mol. The van der Waals surface area contributed by atoms with E-state index in [9.17, 15) is 22.0 Å². The molecule has 0 aromatic heterocycles. The van der Waals surface area contributed by atoms with Gasteiger partial charge in [0, 0.05) is 6.42 Å².